The van der Waals surface area contributed by atoms with Crippen LogP contribution in [0, 0.1) is 0 Å². The summed E-state index contributed by atoms with van der Waals surface area (Å²) in [5.74, 6) is -0.222. The number of carbonyl (C=O) groups excluding carboxylic acids is 2. The van der Waals surface area contributed by atoms with Gasteiger partial charge in [-0.1, -0.05) is 30.3 Å². The van der Waals surface area contributed by atoms with Gasteiger partial charge in [-0.05, 0) is 35.7 Å². The van der Waals surface area contributed by atoms with Gasteiger partial charge in [-0.25, -0.2) is 0 Å². The number of fused-ring (bicyclic) bond motifs is 1. The van der Waals surface area contributed by atoms with Crippen LogP contribution in [-0.4, -0.2) is 23.3 Å². The van der Waals surface area contributed by atoms with Crippen molar-refractivity contribution in [3.05, 3.63) is 48.0 Å². The Hall–Kier alpha value is -2.16. The second-order valence-corrected chi connectivity index (χ2v) is 4.87. The second kappa shape index (κ2) is 4.84. The van der Waals surface area contributed by atoms with E-state index in [-0.39, 0.29) is 11.8 Å². The fourth-order valence-electron chi connectivity index (χ4n) is 2.50. The lowest BCUT2D eigenvalue weighted by Crippen LogP contribution is -2.40. The average Bonchev–Trinajstić information content (AvgIpc) is 2.46. The van der Waals surface area contributed by atoms with E-state index in [9.17, 15) is 9.59 Å². The van der Waals surface area contributed by atoms with Gasteiger partial charge in [-0.3, -0.25) is 14.5 Å². The van der Waals surface area contributed by atoms with Crippen molar-refractivity contribution < 1.29 is 9.59 Å². The third-order valence-corrected chi connectivity index (χ3v) is 3.56. The third-order valence-electron chi connectivity index (χ3n) is 3.56. The molecule has 0 unspecified atom stereocenters. The van der Waals surface area contributed by atoms with Crippen LogP contribution in [0.4, 0.5) is 0 Å². The van der Waals surface area contributed by atoms with Gasteiger partial charge in [-0.15, -0.1) is 0 Å². The molecule has 0 N–H and O–H groups in total. The number of hydrogen-bond acceptors (Lipinski definition) is 2. The average molecular weight is 253 g/mol. The Morgan fingerprint density at radius 1 is 1.00 bits per heavy atom. The largest absolute Gasteiger partial charge is 0.279 e. The number of benzene rings is 2. The molecule has 2 amide bonds. The molecule has 1 heterocycles. The Balaban J connectivity index is 1.94. The minimum Gasteiger partial charge on any atom is -0.279 e. The Bertz CT molecular complexity index is 648. The number of nitrogens with zero attached hydrogens (tertiary/aromatic N) is 1. The van der Waals surface area contributed by atoms with Gasteiger partial charge in [0.1, 0.15) is 0 Å². The molecule has 0 saturated carbocycles. The molecular formula is C16H15NO2. The van der Waals surface area contributed by atoms with Gasteiger partial charge in [0.25, 0.3) is 5.91 Å². The summed E-state index contributed by atoms with van der Waals surface area (Å²) in [7, 11) is 0. The number of carbonyl (C=O) groups is 2. The van der Waals surface area contributed by atoms with E-state index in [0.29, 0.717) is 18.5 Å². The minimum absolute atomic E-state index is 0.0515. The van der Waals surface area contributed by atoms with Crippen LogP contribution in [-0.2, 0) is 4.79 Å². The lowest BCUT2D eigenvalue weighted by Gasteiger charge is -2.24. The lowest BCUT2D eigenvalue weighted by molar-refractivity contribution is -0.130. The molecule has 1 fully saturated rings. The zero-order valence-corrected chi connectivity index (χ0v) is 10.6. The van der Waals surface area contributed by atoms with E-state index < -0.39 is 0 Å². The number of likely N-dealkylation sites (tertiary alicyclic amines) is 1. The Labute approximate surface area is 111 Å². The molecule has 19 heavy (non-hydrogen) atoms. The summed E-state index contributed by atoms with van der Waals surface area (Å²) in [6.45, 7) is 0.546. The van der Waals surface area contributed by atoms with E-state index >= 15 is 0 Å². The summed E-state index contributed by atoms with van der Waals surface area (Å²) in [6, 6.07) is 13.5. The molecule has 1 saturated heterocycles. The molecule has 0 atom stereocenters. The lowest BCUT2D eigenvalue weighted by atomic mass is 10.0. The van der Waals surface area contributed by atoms with Crippen LogP contribution in [0.25, 0.3) is 10.8 Å². The zero-order chi connectivity index (χ0) is 13.2. The maximum atomic E-state index is 12.4. The topological polar surface area (TPSA) is 37.4 Å². The predicted octanol–water partition coefficient (Wildman–Crippen LogP) is 2.99. The molecule has 0 spiro atoms. The van der Waals surface area contributed by atoms with Gasteiger partial charge in [0.15, 0.2) is 0 Å². The summed E-state index contributed by atoms with van der Waals surface area (Å²) in [4.78, 5) is 25.5. The molecule has 3 heteroatoms. The minimum atomic E-state index is -0.171. The molecular weight excluding hydrogens is 238 g/mol. The highest BCUT2D eigenvalue weighted by Gasteiger charge is 2.25. The molecule has 0 aliphatic carbocycles. The monoisotopic (exact) mass is 253 g/mol. The van der Waals surface area contributed by atoms with Crippen LogP contribution < -0.4 is 0 Å². The van der Waals surface area contributed by atoms with Crippen molar-refractivity contribution in [2.45, 2.75) is 19.3 Å². The van der Waals surface area contributed by atoms with Crippen LogP contribution in [0.5, 0.6) is 0 Å². The van der Waals surface area contributed by atoms with Gasteiger partial charge in [0, 0.05) is 18.5 Å². The summed E-state index contributed by atoms with van der Waals surface area (Å²) in [5.41, 5.74) is 0.592. The molecule has 0 bridgehead atoms. The van der Waals surface area contributed by atoms with Gasteiger partial charge >= 0.3 is 0 Å². The summed E-state index contributed by atoms with van der Waals surface area (Å²) in [6.07, 6.45) is 2.28. The van der Waals surface area contributed by atoms with Crippen molar-refractivity contribution in [3.63, 3.8) is 0 Å². The molecule has 2 aromatic carbocycles. The maximum Gasteiger partial charge on any atom is 0.260 e. The Morgan fingerprint density at radius 3 is 2.58 bits per heavy atom. The first-order valence-corrected chi connectivity index (χ1v) is 6.59. The number of piperidine rings is 1. The fraction of sp³-hybridized carbons (Fsp3) is 0.250. The van der Waals surface area contributed by atoms with E-state index in [4.69, 9.17) is 0 Å². The summed E-state index contributed by atoms with van der Waals surface area (Å²) >= 11 is 0. The van der Waals surface area contributed by atoms with E-state index in [1.807, 2.05) is 36.4 Å². The van der Waals surface area contributed by atoms with Crippen LogP contribution in [0.1, 0.15) is 29.6 Å². The quantitative estimate of drug-likeness (QED) is 0.733. The first-order valence-electron chi connectivity index (χ1n) is 6.59. The Morgan fingerprint density at radius 2 is 1.79 bits per heavy atom. The van der Waals surface area contributed by atoms with Crippen LogP contribution in [0.3, 0.4) is 0 Å². The predicted molar refractivity (Wildman–Crippen MR) is 73.8 cm³/mol. The number of imide groups is 1. The van der Waals surface area contributed by atoms with Crippen LogP contribution >= 0.6 is 0 Å². The summed E-state index contributed by atoms with van der Waals surface area (Å²) in [5, 5.41) is 2.13. The molecule has 0 radical (unpaired) electrons. The van der Waals surface area contributed by atoms with Crippen molar-refractivity contribution in [1.82, 2.24) is 4.90 Å². The number of amides is 2. The highest BCUT2D eigenvalue weighted by Crippen LogP contribution is 2.19. The molecule has 0 aromatic heterocycles. The maximum absolute atomic E-state index is 12.4. The fourth-order valence-corrected chi connectivity index (χ4v) is 2.50. The number of rotatable bonds is 1. The Kier molecular flexibility index (Phi) is 3.03. The standard InChI is InChI=1S/C16H15NO2/c18-15-7-3-4-10-17(15)16(19)14-9-8-12-5-1-2-6-13(12)11-14/h1-2,5-6,8-9,11H,3-4,7,10H2. The molecule has 1 aliphatic heterocycles. The van der Waals surface area contributed by atoms with Crippen LogP contribution in [0.15, 0.2) is 42.5 Å². The number of hydrogen-bond donors (Lipinski definition) is 0. The molecule has 1 aliphatic rings. The molecule has 2 aromatic rings. The van der Waals surface area contributed by atoms with E-state index in [0.717, 1.165) is 23.6 Å². The van der Waals surface area contributed by atoms with E-state index in [2.05, 4.69) is 0 Å². The summed E-state index contributed by atoms with van der Waals surface area (Å²) < 4.78 is 0. The highest BCUT2D eigenvalue weighted by molar-refractivity contribution is 6.06. The first-order chi connectivity index (χ1) is 9.25. The van der Waals surface area contributed by atoms with E-state index in [1.165, 1.54) is 4.90 Å². The van der Waals surface area contributed by atoms with Gasteiger partial charge in [-0.2, -0.15) is 0 Å². The third kappa shape index (κ3) is 2.24. The van der Waals surface area contributed by atoms with Crippen molar-refractivity contribution in [3.8, 4) is 0 Å². The molecule has 3 rings (SSSR count). The normalized spacial score (nSPS) is 15.8. The van der Waals surface area contributed by atoms with Crippen molar-refractivity contribution in [2.24, 2.45) is 0 Å². The zero-order valence-electron chi connectivity index (χ0n) is 10.6. The smallest absolute Gasteiger partial charge is 0.260 e. The first kappa shape index (κ1) is 11.9. The SMILES string of the molecule is O=C1CCCCN1C(=O)c1ccc2ccccc2c1. The van der Waals surface area contributed by atoms with E-state index in [1.54, 1.807) is 6.07 Å². The highest BCUT2D eigenvalue weighted by atomic mass is 16.2. The van der Waals surface area contributed by atoms with Crippen molar-refractivity contribution in [1.29, 1.82) is 0 Å². The van der Waals surface area contributed by atoms with Gasteiger partial charge in [0.2, 0.25) is 5.91 Å². The van der Waals surface area contributed by atoms with Crippen molar-refractivity contribution >= 4 is 22.6 Å². The van der Waals surface area contributed by atoms with Gasteiger partial charge < -0.3 is 0 Å². The molecule has 3 nitrogen and oxygen atoms in total. The van der Waals surface area contributed by atoms with Crippen molar-refractivity contribution in [2.75, 3.05) is 6.54 Å². The molecule has 96 valence electrons. The second-order valence-electron chi connectivity index (χ2n) is 4.87. The van der Waals surface area contributed by atoms with Gasteiger partial charge in [0.05, 0.1) is 0 Å². The van der Waals surface area contributed by atoms with Crippen LogP contribution in [0.2, 0.25) is 0 Å².